The van der Waals surface area contributed by atoms with Crippen molar-refractivity contribution < 1.29 is 14.3 Å². The maximum atomic E-state index is 11.3. The summed E-state index contributed by atoms with van der Waals surface area (Å²) >= 11 is 0. The Hall–Kier alpha value is -0.570. The maximum absolute atomic E-state index is 11.3. The molecule has 4 aliphatic rings. The highest BCUT2D eigenvalue weighted by Gasteiger charge is 2.48. The number of carbonyl (C=O) groups is 1. The van der Waals surface area contributed by atoms with Crippen molar-refractivity contribution in [1.29, 1.82) is 0 Å². The Morgan fingerprint density at radius 3 is 2.22 bits per heavy atom. The van der Waals surface area contributed by atoms with E-state index in [1.54, 1.807) is 0 Å². The fourth-order valence-electron chi connectivity index (χ4n) is 4.60. The van der Waals surface area contributed by atoms with E-state index >= 15 is 0 Å². The molecule has 4 aliphatic carbocycles. The van der Waals surface area contributed by atoms with Gasteiger partial charge in [-0.3, -0.25) is 4.79 Å². The van der Waals surface area contributed by atoms with Crippen LogP contribution in [0.25, 0.3) is 0 Å². The lowest BCUT2D eigenvalue weighted by Gasteiger charge is -2.53. The highest BCUT2D eigenvalue weighted by molar-refractivity contribution is 5.69. The van der Waals surface area contributed by atoms with E-state index < -0.39 is 0 Å². The van der Waals surface area contributed by atoms with Crippen molar-refractivity contribution in [1.82, 2.24) is 0 Å². The first-order valence-electron chi connectivity index (χ1n) is 7.53. The van der Waals surface area contributed by atoms with Crippen LogP contribution in [-0.2, 0) is 14.3 Å². The fourth-order valence-corrected chi connectivity index (χ4v) is 4.60. The third-order valence-electron chi connectivity index (χ3n) is 5.07. The van der Waals surface area contributed by atoms with Crippen LogP contribution < -0.4 is 0 Å². The van der Waals surface area contributed by atoms with Crippen LogP contribution in [0.1, 0.15) is 51.9 Å². The SMILES string of the molecule is CCCC(=O)OCOC1C2CC3CC(C2)CC1C3. The largest absolute Gasteiger partial charge is 0.438 e. The summed E-state index contributed by atoms with van der Waals surface area (Å²) in [6.45, 7) is 2.16. The molecule has 4 fully saturated rings. The molecular weight excluding hydrogens is 228 g/mol. The fraction of sp³-hybridized carbons (Fsp3) is 0.933. The predicted molar refractivity (Wildman–Crippen MR) is 67.8 cm³/mol. The lowest BCUT2D eigenvalue weighted by molar-refractivity contribution is -0.186. The van der Waals surface area contributed by atoms with Gasteiger partial charge in [0.2, 0.25) is 0 Å². The van der Waals surface area contributed by atoms with Crippen LogP contribution in [0.2, 0.25) is 0 Å². The molecule has 0 radical (unpaired) electrons. The maximum Gasteiger partial charge on any atom is 0.307 e. The predicted octanol–water partition coefficient (Wildman–Crippen LogP) is 3.13. The van der Waals surface area contributed by atoms with Crippen LogP contribution in [0.5, 0.6) is 0 Å². The van der Waals surface area contributed by atoms with Gasteiger partial charge in [0, 0.05) is 6.42 Å². The van der Waals surface area contributed by atoms with Crippen molar-refractivity contribution in [2.75, 3.05) is 6.79 Å². The number of hydrogen-bond acceptors (Lipinski definition) is 3. The van der Waals surface area contributed by atoms with Crippen LogP contribution >= 0.6 is 0 Å². The minimum absolute atomic E-state index is 0.124. The standard InChI is InChI=1S/C15H24O3/c1-2-3-14(16)17-9-18-15-12-5-10-4-11(7-12)8-13(15)6-10/h10-13,15H,2-9H2,1H3. The van der Waals surface area contributed by atoms with Gasteiger partial charge >= 0.3 is 5.97 Å². The average molecular weight is 252 g/mol. The molecule has 0 saturated heterocycles. The van der Waals surface area contributed by atoms with Crippen LogP contribution in [0.3, 0.4) is 0 Å². The average Bonchev–Trinajstić information content (AvgIpc) is 2.32. The Morgan fingerprint density at radius 1 is 1.06 bits per heavy atom. The second-order valence-electron chi connectivity index (χ2n) is 6.45. The van der Waals surface area contributed by atoms with Gasteiger partial charge in [0.05, 0.1) is 6.10 Å². The number of carbonyl (C=O) groups excluding carboxylic acids is 1. The van der Waals surface area contributed by atoms with Gasteiger partial charge in [0.1, 0.15) is 0 Å². The topological polar surface area (TPSA) is 35.5 Å². The number of hydrogen-bond donors (Lipinski definition) is 0. The molecule has 3 heteroatoms. The normalized spacial score (nSPS) is 41.1. The zero-order valence-corrected chi connectivity index (χ0v) is 11.3. The molecule has 0 aromatic heterocycles. The molecule has 18 heavy (non-hydrogen) atoms. The Bertz CT molecular complexity index is 285. The lowest BCUT2D eigenvalue weighted by Crippen LogP contribution is -2.49. The van der Waals surface area contributed by atoms with Gasteiger partial charge in [0.15, 0.2) is 6.79 Å². The molecule has 0 atom stereocenters. The Balaban J connectivity index is 1.47. The van der Waals surface area contributed by atoms with E-state index in [4.69, 9.17) is 9.47 Å². The molecule has 0 amide bonds. The van der Waals surface area contributed by atoms with Crippen molar-refractivity contribution >= 4 is 5.97 Å². The van der Waals surface area contributed by atoms with Gasteiger partial charge in [0.25, 0.3) is 0 Å². The molecule has 4 saturated carbocycles. The van der Waals surface area contributed by atoms with Crippen LogP contribution in [-0.4, -0.2) is 18.9 Å². The first kappa shape index (κ1) is 12.5. The third kappa shape index (κ3) is 2.42. The third-order valence-corrected chi connectivity index (χ3v) is 5.07. The first-order valence-corrected chi connectivity index (χ1v) is 7.53. The lowest BCUT2D eigenvalue weighted by atomic mass is 9.55. The van der Waals surface area contributed by atoms with Crippen molar-refractivity contribution in [3.8, 4) is 0 Å². The molecular formula is C15H24O3. The summed E-state index contributed by atoms with van der Waals surface area (Å²) in [5.74, 6) is 3.29. The molecule has 4 rings (SSSR count). The van der Waals surface area contributed by atoms with Crippen LogP contribution in [0, 0.1) is 23.7 Å². The van der Waals surface area contributed by atoms with E-state index in [2.05, 4.69) is 0 Å². The Labute approximate surface area is 109 Å². The minimum atomic E-state index is -0.124. The molecule has 0 spiro atoms. The molecule has 0 aliphatic heterocycles. The van der Waals surface area contributed by atoms with Gasteiger partial charge in [-0.1, -0.05) is 6.92 Å². The van der Waals surface area contributed by atoms with Crippen LogP contribution in [0.4, 0.5) is 0 Å². The van der Waals surface area contributed by atoms with Crippen LogP contribution in [0.15, 0.2) is 0 Å². The zero-order valence-electron chi connectivity index (χ0n) is 11.3. The highest BCUT2D eigenvalue weighted by Crippen LogP contribution is 2.54. The second-order valence-corrected chi connectivity index (χ2v) is 6.45. The van der Waals surface area contributed by atoms with Crippen molar-refractivity contribution in [2.45, 2.75) is 58.0 Å². The number of ether oxygens (including phenoxy) is 2. The summed E-state index contributed by atoms with van der Waals surface area (Å²) in [6.07, 6.45) is 8.57. The van der Waals surface area contributed by atoms with Crippen molar-refractivity contribution in [3.63, 3.8) is 0 Å². The van der Waals surface area contributed by atoms with Gasteiger partial charge in [-0.25, -0.2) is 0 Å². The Kier molecular flexibility index (Phi) is 3.60. The summed E-state index contributed by atoms with van der Waals surface area (Å²) in [4.78, 5) is 11.3. The van der Waals surface area contributed by atoms with E-state index in [-0.39, 0.29) is 12.8 Å². The van der Waals surface area contributed by atoms with E-state index in [0.29, 0.717) is 12.5 Å². The molecule has 0 aromatic carbocycles. The summed E-state index contributed by atoms with van der Waals surface area (Å²) < 4.78 is 11.0. The number of rotatable bonds is 5. The molecule has 0 heterocycles. The van der Waals surface area contributed by atoms with Gasteiger partial charge in [-0.15, -0.1) is 0 Å². The molecule has 0 unspecified atom stereocenters. The van der Waals surface area contributed by atoms with E-state index in [1.165, 1.54) is 32.1 Å². The van der Waals surface area contributed by atoms with E-state index in [0.717, 1.165) is 30.1 Å². The van der Waals surface area contributed by atoms with Gasteiger partial charge < -0.3 is 9.47 Å². The molecule has 3 nitrogen and oxygen atoms in total. The smallest absolute Gasteiger partial charge is 0.307 e. The second kappa shape index (κ2) is 5.20. The molecule has 4 bridgehead atoms. The summed E-state index contributed by atoms with van der Waals surface area (Å²) in [5, 5.41) is 0. The van der Waals surface area contributed by atoms with Gasteiger partial charge in [-0.2, -0.15) is 0 Å². The monoisotopic (exact) mass is 252 g/mol. The summed E-state index contributed by atoms with van der Waals surface area (Å²) in [5.41, 5.74) is 0. The summed E-state index contributed by atoms with van der Waals surface area (Å²) in [6, 6.07) is 0. The summed E-state index contributed by atoms with van der Waals surface area (Å²) in [7, 11) is 0. The first-order chi connectivity index (χ1) is 8.76. The van der Waals surface area contributed by atoms with E-state index in [1.807, 2.05) is 6.92 Å². The molecule has 0 aromatic rings. The van der Waals surface area contributed by atoms with Crippen molar-refractivity contribution in [3.05, 3.63) is 0 Å². The quantitative estimate of drug-likeness (QED) is 0.557. The zero-order chi connectivity index (χ0) is 12.5. The Morgan fingerprint density at radius 2 is 1.67 bits per heavy atom. The van der Waals surface area contributed by atoms with Gasteiger partial charge in [-0.05, 0) is 62.2 Å². The van der Waals surface area contributed by atoms with Crippen molar-refractivity contribution in [2.24, 2.45) is 23.7 Å². The highest BCUT2D eigenvalue weighted by atomic mass is 16.7. The minimum Gasteiger partial charge on any atom is -0.438 e. The molecule has 0 N–H and O–H groups in total. The van der Waals surface area contributed by atoms with E-state index in [9.17, 15) is 4.79 Å². The number of esters is 1. The molecule has 102 valence electrons.